The number of nitrogens with one attached hydrogen (secondary N) is 1. The van der Waals surface area contributed by atoms with Crippen molar-refractivity contribution in [1.29, 1.82) is 0 Å². The number of carbonyl (C=O) groups excluding carboxylic acids is 1. The lowest BCUT2D eigenvalue weighted by Gasteiger charge is -2.17. The number of carbonyl (C=O) groups is 1. The maximum absolute atomic E-state index is 12.4. The van der Waals surface area contributed by atoms with Gasteiger partial charge >= 0.3 is 0 Å². The number of pyridine rings is 1. The topological polar surface area (TPSA) is 54.5 Å². The minimum Gasteiger partial charge on any atom is -0.365 e. The predicted octanol–water partition coefficient (Wildman–Crippen LogP) is 2.87. The molecule has 5 heteroatoms. The maximum Gasteiger partial charge on any atom is 0.249 e. The first-order valence-electron chi connectivity index (χ1n) is 8.57. The summed E-state index contributed by atoms with van der Waals surface area (Å²) in [5.74, 6) is 0.874. The fourth-order valence-electron chi connectivity index (χ4n) is 3.10. The van der Waals surface area contributed by atoms with E-state index in [2.05, 4.69) is 17.2 Å². The molecular weight excluding hydrogens is 302 g/mol. The highest BCUT2D eigenvalue weighted by Crippen LogP contribution is 2.24. The molecule has 1 aliphatic rings. The normalized spacial score (nSPS) is 20.3. The van der Waals surface area contributed by atoms with Gasteiger partial charge in [-0.1, -0.05) is 25.1 Å². The van der Waals surface area contributed by atoms with E-state index >= 15 is 0 Å². The summed E-state index contributed by atoms with van der Waals surface area (Å²) in [6.07, 6.45) is 2.66. The molecule has 128 valence electrons. The van der Waals surface area contributed by atoms with E-state index in [0.29, 0.717) is 6.54 Å². The summed E-state index contributed by atoms with van der Waals surface area (Å²) in [5, 5.41) is 4.11. The molecule has 1 aromatic heterocycles. The number of rotatable bonds is 5. The number of ether oxygens (including phenoxy) is 1. The number of hydrogen-bond donors (Lipinski definition) is 1. The molecule has 0 radical (unpaired) electrons. The summed E-state index contributed by atoms with van der Waals surface area (Å²) in [4.78, 5) is 19.0. The molecule has 2 unspecified atom stereocenters. The van der Waals surface area contributed by atoms with Gasteiger partial charge in [0.2, 0.25) is 5.91 Å². The van der Waals surface area contributed by atoms with Crippen LogP contribution in [0.25, 0.3) is 10.9 Å². The summed E-state index contributed by atoms with van der Waals surface area (Å²) in [6.45, 7) is 2.58. The number of anilines is 1. The van der Waals surface area contributed by atoms with Gasteiger partial charge in [-0.05, 0) is 37.0 Å². The average molecular weight is 327 g/mol. The van der Waals surface area contributed by atoms with Gasteiger partial charge in [-0.3, -0.25) is 4.79 Å². The van der Waals surface area contributed by atoms with Crippen molar-refractivity contribution >= 4 is 22.6 Å². The number of aromatic nitrogens is 1. The Hall–Kier alpha value is -2.14. The van der Waals surface area contributed by atoms with Crippen LogP contribution in [0.2, 0.25) is 0 Å². The van der Waals surface area contributed by atoms with Crippen LogP contribution in [0.5, 0.6) is 0 Å². The van der Waals surface area contributed by atoms with Crippen molar-refractivity contribution in [2.75, 3.05) is 19.0 Å². The molecule has 0 aliphatic carbocycles. The highest BCUT2D eigenvalue weighted by atomic mass is 16.5. The minimum absolute atomic E-state index is 0.0155. The lowest BCUT2D eigenvalue weighted by atomic mass is 10.1. The number of benzene rings is 1. The van der Waals surface area contributed by atoms with Crippen LogP contribution >= 0.6 is 0 Å². The van der Waals surface area contributed by atoms with Crippen molar-refractivity contribution in [1.82, 2.24) is 10.3 Å². The van der Waals surface area contributed by atoms with Gasteiger partial charge in [0, 0.05) is 26.0 Å². The molecule has 2 heterocycles. The third-order valence-electron chi connectivity index (χ3n) is 4.55. The highest BCUT2D eigenvalue weighted by Gasteiger charge is 2.29. The standard InChI is InChI=1S/C19H25N3O2/c1-4-14-9-10-17(24-14)19(23)20-12-13-11-18(22(2)3)21-16-8-6-5-7-15(13)16/h5-8,11,14,17H,4,9-10,12H2,1-3H3,(H,20,23). The Morgan fingerprint density at radius 2 is 2.12 bits per heavy atom. The molecule has 0 bridgehead atoms. The van der Waals surface area contributed by atoms with Crippen LogP contribution in [-0.4, -0.2) is 37.2 Å². The van der Waals surface area contributed by atoms with Crippen LogP contribution in [0.3, 0.4) is 0 Å². The van der Waals surface area contributed by atoms with Gasteiger partial charge in [-0.15, -0.1) is 0 Å². The molecular formula is C19H25N3O2. The number of fused-ring (bicyclic) bond motifs is 1. The van der Waals surface area contributed by atoms with E-state index in [1.807, 2.05) is 49.3 Å². The third-order valence-corrected chi connectivity index (χ3v) is 4.55. The first-order chi connectivity index (χ1) is 11.6. The Labute approximate surface area is 143 Å². The van der Waals surface area contributed by atoms with Crippen LogP contribution in [0.1, 0.15) is 31.7 Å². The predicted molar refractivity (Wildman–Crippen MR) is 96.1 cm³/mol. The van der Waals surface area contributed by atoms with Gasteiger partial charge in [0.05, 0.1) is 11.6 Å². The van der Waals surface area contributed by atoms with Crippen molar-refractivity contribution in [3.05, 3.63) is 35.9 Å². The molecule has 1 fully saturated rings. The van der Waals surface area contributed by atoms with E-state index < -0.39 is 0 Å². The Morgan fingerprint density at radius 3 is 2.83 bits per heavy atom. The second-order valence-electron chi connectivity index (χ2n) is 6.50. The van der Waals surface area contributed by atoms with Gasteiger partial charge in [0.15, 0.2) is 0 Å². The number of nitrogens with zero attached hydrogens (tertiary/aromatic N) is 2. The molecule has 1 aliphatic heterocycles. The molecule has 1 amide bonds. The molecule has 3 rings (SSSR count). The smallest absolute Gasteiger partial charge is 0.249 e. The molecule has 24 heavy (non-hydrogen) atoms. The second kappa shape index (κ2) is 7.18. The number of amides is 1. The maximum atomic E-state index is 12.4. The third kappa shape index (κ3) is 3.51. The van der Waals surface area contributed by atoms with Crippen LogP contribution in [0.4, 0.5) is 5.82 Å². The largest absolute Gasteiger partial charge is 0.365 e. The van der Waals surface area contributed by atoms with Gasteiger partial charge in [-0.25, -0.2) is 4.98 Å². The van der Waals surface area contributed by atoms with Gasteiger partial charge in [-0.2, -0.15) is 0 Å². The first kappa shape index (κ1) is 16.7. The molecule has 2 atom stereocenters. The van der Waals surface area contributed by atoms with E-state index in [-0.39, 0.29) is 18.1 Å². The molecule has 0 spiro atoms. The quantitative estimate of drug-likeness (QED) is 0.917. The minimum atomic E-state index is -0.309. The van der Waals surface area contributed by atoms with Crippen LogP contribution in [0.15, 0.2) is 30.3 Å². The second-order valence-corrected chi connectivity index (χ2v) is 6.50. The Morgan fingerprint density at radius 1 is 1.33 bits per heavy atom. The summed E-state index contributed by atoms with van der Waals surface area (Å²) < 4.78 is 5.78. The molecule has 2 aromatic rings. The van der Waals surface area contributed by atoms with Crippen LogP contribution < -0.4 is 10.2 Å². The van der Waals surface area contributed by atoms with Crippen molar-refractivity contribution in [3.63, 3.8) is 0 Å². The van der Waals surface area contributed by atoms with E-state index in [1.54, 1.807) is 0 Å². The monoisotopic (exact) mass is 327 g/mol. The summed E-state index contributed by atoms with van der Waals surface area (Å²) in [5.41, 5.74) is 2.01. The SMILES string of the molecule is CCC1CCC(C(=O)NCc2cc(N(C)C)nc3ccccc23)O1. The highest BCUT2D eigenvalue weighted by molar-refractivity contribution is 5.85. The Bertz CT molecular complexity index is 730. The van der Waals surface area contributed by atoms with Crippen molar-refractivity contribution < 1.29 is 9.53 Å². The van der Waals surface area contributed by atoms with Crippen LogP contribution in [-0.2, 0) is 16.1 Å². The zero-order valence-corrected chi connectivity index (χ0v) is 14.6. The van der Waals surface area contributed by atoms with Gasteiger partial charge in [0.25, 0.3) is 0 Å². The molecule has 1 N–H and O–H groups in total. The van der Waals surface area contributed by atoms with Gasteiger partial charge < -0.3 is 15.0 Å². The number of para-hydroxylation sites is 1. The lowest BCUT2D eigenvalue weighted by Crippen LogP contribution is -2.34. The zero-order valence-electron chi connectivity index (χ0n) is 14.6. The Kier molecular flexibility index (Phi) is 5.00. The first-order valence-corrected chi connectivity index (χ1v) is 8.57. The van der Waals surface area contributed by atoms with Crippen molar-refractivity contribution in [2.45, 2.75) is 44.9 Å². The zero-order chi connectivity index (χ0) is 17.1. The molecule has 5 nitrogen and oxygen atoms in total. The van der Waals surface area contributed by atoms with E-state index in [1.165, 1.54) is 0 Å². The summed E-state index contributed by atoms with van der Waals surface area (Å²) in [7, 11) is 3.94. The van der Waals surface area contributed by atoms with Crippen LogP contribution in [0, 0.1) is 0 Å². The number of hydrogen-bond acceptors (Lipinski definition) is 4. The molecule has 1 saturated heterocycles. The fraction of sp³-hybridized carbons (Fsp3) is 0.474. The summed E-state index contributed by atoms with van der Waals surface area (Å²) >= 11 is 0. The molecule has 0 saturated carbocycles. The van der Waals surface area contributed by atoms with E-state index in [0.717, 1.165) is 41.5 Å². The molecule has 1 aromatic carbocycles. The Balaban J connectivity index is 1.76. The van der Waals surface area contributed by atoms with E-state index in [9.17, 15) is 4.79 Å². The van der Waals surface area contributed by atoms with Crippen molar-refractivity contribution in [2.24, 2.45) is 0 Å². The van der Waals surface area contributed by atoms with Gasteiger partial charge in [0.1, 0.15) is 11.9 Å². The fourth-order valence-corrected chi connectivity index (χ4v) is 3.10. The van der Waals surface area contributed by atoms with E-state index in [4.69, 9.17) is 4.74 Å². The lowest BCUT2D eigenvalue weighted by molar-refractivity contribution is -0.132. The average Bonchev–Trinajstić information content (AvgIpc) is 3.08. The summed E-state index contributed by atoms with van der Waals surface area (Å²) in [6, 6.07) is 10.1. The van der Waals surface area contributed by atoms with Crippen molar-refractivity contribution in [3.8, 4) is 0 Å².